The van der Waals surface area contributed by atoms with Gasteiger partial charge in [0.15, 0.2) is 11.5 Å². The summed E-state index contributed by atoms with van der Waals surface area (Å²) in [6.45, 7) is 1.07. The summed E-state index contributed by atoms with van der Waals surface area (Å²) >= 11 is 6.16. The highest BCUT2D eigenvalue weighted by atomic mass is 35.5. The maximum absolute atomic E-state index is 12.8. The molecule has 4 rings (SSSR count). The molecule has 0 unspecified atom stereocenters. The molecule has 0 saturated heterocycles. The number of rotatable bonds is 1. The van der Waals surface area contributed by atoms with Crippen LogP contribution in [0.2, 0.25) is 5.02 Å². The second kappa shape index (κ2) is 5.10. The quantitative estimate of drug-likeness (QED) is 0.811. The topological polar surface area (TPSA) is 48.0 Å². The van der Waals surface area contributed by atoms with Gasteiger partial charge < -0.3 is 19.1 Å². The Morgan fingerprint density at radius 2 is 1.95 bits per heavy atom. The molecule has 0 aromatic heterocycles. The second-order valence-corrected chi connectivity index (χ2v) is 5.37. The molecule has 2 aliphatic rings. The van der Waals surface area contributed by atoms with Crippen molar-refractivity contribution in [1.82, 2.24) is 0 Å². The molecular weight excluding hydrogens is 306 g/mol. The molecule has 0 atom stereocenters. The summed E-state index contributed by atoms with van der Waals surface area (Å²) < 4.78 is 16.2. The molecule has 112 valence electrons. The van der Waals surface area contributed by atoms with Crippen molar-refractivity contribution in [3.05, 3.63) is 47.0 Å². The monoisotopic (exact) mass is 317 g/mol. The number of benzene rings is 2. The van der Waals surface area contributed by atoms with Gasteiger partial charge in [0.1, 0.15) is 12.4 Å². The van der Waals surface area contributed by atoms with E-state index in [0.717, 1.165) is 5.69 Å². The van der Waals surface area contributed by atoms with E-state index >= 15 is 0 Å². The molecule has 0 aliphatic carbocycles. The van der Waals surface area contributed by atoms with Crippen LogP contribution in [0.15, 0.2) is 36.4 Å². The SMILES string of the molecule is O=C(c1cc(Cl)c2c(c1)OCO2)N1CCOc2ccccc21. The van der Waals surface area contributed by atoms with Gasteiger partial charge in [-0.3, -0.25) is 4.79 Å². The highest BCUT2D eigenvalue weighted by Gasteiger charge is 2.27. The standard InChI is InChI=1S/C16H12ClNO4/c17-11-7-10(8-14-15(11)22-9-21-14)16(19)18-5-6-20-13-4-2-1-3-12(13)18/h1-4,7-8H,5-6,9H2. The molecule has 0 saturated carbocycles. The van der Waals surface area contributed by atoms with Crippen LogP contribution in [0.4, 0.5) is 5.69 Å². The summed E-state index contributed by atoms with van der Waals surface area (Å²) in [6, 6.07) is 10.7. The minimum Gasteiger partial charge on any atom is -0.490 e. The Morgan fingerprint density at radius 3 is 2.86 bits per heavy atom. The number of anilines is 1. The molecule has 1 amide bonds. The molecular formula is C16H12ClNO4. The van der Waals surface area contributed by atoms with E-state index in [1.165, 1.54) is 0 Å². The molecule has 0 radical (unpaired) electrons. The fourth-order valence-electron chi connectivity index (χ4n) is 2.63. The van der Waals surface area contributed by atoms with Gasteiger partial charge >= 0.3 is 0 Å². The van der Waals surface area contributed by atoms with Crippen LogP contribution in [0.1, 0.15) is 10.4 Å². The van der Waals surface area contributed by atoms with Crippen LogP contribution in [0.3, 0.4) is 0 Å². The van der Waals surface area contributed by atoms with Crippen LogP contribution in [-0.2, 0) is 0 Å². The number of nitrogens with zero attached hydrogens (tertiary/aromatic N) is 1. The number of fused-ring (bicyclic) bond motifs is 2. The minimum atomic E-state index is -0.143. The number of para-hydroxylation sites is 2. The molecule has 22 heavy (non-hydrogen) atoms. The number of carbonyl (C=O) groups excluding carboxylic acids is 1. The molecule has 5 nitrogen and oxygen atoms in total. The number of hydrogen-bond acceptors (Lipinski definition) is 4. The Labute approximate surface area is 132 Å². The van der Waals surface area contributed by atoms with E-state index in [2.05, 4.69) is 0 Å². The first-order valence-corrected chi connectivity index (χ1v) is 7.24. The Hall–Kier alpha value is -2.40. The lowest BCUT2D eigenvalue weighted by molar-refractivity contribution is 0.0976. The number of ether oxygens (including phenoxy) is 3. The normalized spacial score (nSPS) is 15.2. The second-order valence-electron chi connectivity index (χ2n) is 4.96. The number of halogens is 1. The van der Waals surface area contributed by atoms with Crippen LogP contribution < -0.4 is 19.1 Å². The van der Waals surface area contributed by atoms with Crippen molar-refractivity contribution in [1.29, 1.82) is 0 Å². The van der Waals surface area contributed by atoms with Crippen LogP contribution >= 0.6 is 11.6 Å². The Bertz CT molecular complexity index is 762. The highest BCUT2D eigenvalue weighted by Crippen LogP contribution is 2.40. The van der Waals surface area contributed by atoms with E-state index < -0.39 is 0 Å². The first kappa shape index (κ1) is 13.3. The fraction of sp³-hybridized carbons (Fsp3) is 0.188. The Balaban J connectivity index is 1.73. The van der Waals surface area contributed by atoms with Crippen LogP contribution in [0.25, 0.3) is 0 Å². The van der Waals surface area contributed by atoms with Crippen LogP contribution in [-0.4, -0.2) is 25.9 Å². The molecule has 2 aromatic carbocycles. The molecule has 2 aromatic rings. The smallest absolute Gasteiger partial charge is 0.258 e. The van der Waals surface area contributed by atoms with Crippen molar-refractivity contribution in [3.8, 4) is 17.2 Å². The van der Waals surface area contributed by atoms with E-state index in [-0.39, 0.29) is 12.7 Å². The van der Waals surface area contributed by atoms with Crippen LogP contribution in [0, 0.1) is 0 Å². The number of carbonyl (C=O) groups is 1. The van der Waals surface area contributed by atoms with Crippen molar-refractivity contribution in [3.63, 3.8) is 0 Å². The average Bonchev–Trinajstić information content (AvgIpc) is 3.03. The Kier molecular flexibility index (Phi) is 3.08. The summed E-state index contributed by atoms with van der Waals surface area (Å²) in [5.74, 6) is 1.54. The third kappa shape index (κ3) is 2.05. The molecule has 0 N–H and O–H groups in total. The van der Waals surface area contributed by atoms with E-state index in [0.29, 0.717) is 41.0 Å². The van der Waals surface area contributed by atoms with Gasteiger partial charge in [-0.2, -0.15) is 0 Å². The minimum absolute atomic E-state index is 0.118. The summed E-state index contributed by atoms with van der Waals surface area (Å²) in [4.78, 5) is 14.5. The molecule has 0 fully saturated rings. The summed E-state index contributed by atoms with van der Waals surface area (Å²) in [5, 5.41) is 0.375. The Morgan fingerprint density at radius 1 is 1.09 bits per heavy atom. The summed E-state index contributed by atoms with van der Waals surface area (Å²) in [5.41, 5.74) is 1.22. The zero-order chi connectivity index (χ0) is 15.1. The van der Waals surface area contributed by atoms with E-state index in [1.54, 1.807) is 17.0 Å². The first-order chi connectivity index (χ1) is 10.7. The van der Waals surface area contributed by atoms with Crippen molar-refractivity contribution in [2.24, 2.45) is 0 Å². The summed E-state index contributed by atoms with van der Waals surface area (Å²) in [7, 11) is 0. The van der Waals surface area contributed by atoms with Crippen molar-refractivity contribution < 1.29 is 19.0 Å². The van der Waals surface area contributed by atoms with Gasteiger partial charge in [0.25, 0.3) is 5.91 Å². The zero-order valence-electron chi connectivity index (χ0n) is 11.5. The largest absolute Gasteiger partial charge is 0.490 e. The fourth-order valence-corrected chi connectivity index (χ4v) is 2.89. The van der Waals surface area contributed by atoms with Gasteiger partial charge in [0.2, 0.25) is 6.79 Å². The van der Waals surface area contributed by atoms with Gasteiger partial charge in [-0.05, 0) is 24.3 Å². The first-order valence-electron chi connectivity index (χ1n) is 6.87. The van der Waals surface area contributed by atoms with Gasteiger partial charge in [0.05, 0.1) is 17.3 Å². The third-order valence-electron chi connectivity index (χ3n) is 3.65. The van der Waals surface area contributed by atoms with Crippen molar-refractivity contribution >= 4 is 23.2 Å². The molecule has 0 spiro atoms. The predicted molar refractivity (Wildman–Crippen MR) is 81.2 cm³/mol. The number of amides is 1. The maximum atomic E-state index is 12.8. The lowest BCUT2D eigenvalue weighted by Gasteiger charge is -2.29. The lowest BCUT2D eigenvalue weighted by atomic mass is 10.1. The van der Waals surface area contributed by atoms with Gasteiger partial charge in [-0.25, -0.2) is 0 Å². The average molecular weight is 318 g/mol. The predicted octanol–water partition coefficient (Wildman–Crippen LogP) is 3.11. The zero-order valence-corrected chi connectivity index (χ0v) is 12.3. The third-order valence-corrected chi connectivity index (χ3v) is 3.93. The van der Waals surface area contributed by atoms with Crippen molar-refractivity contribution in [2.75, 3.05) is 24.8 Å². The van der Waals surface area contributed by atoms with E-state index in [9.17, 15) is 4.79 Å². The van der Waals surface area contributed by atoms with E-state index in [4.69, 9.17) is 25.8 Å². The molecule has 6 heteroatoms. The summed E-state index contributed by atoms with van der Waals surface area (Å²) in [6.07, 6.45) is 0. The van der Waals surface area contributed by atoms with Gasteiger partial charge in [0, 0.05) is 5.56 Å². The molecule has 2 heterocycles. The highest BCUT2D eigenvalue weighted by molar-refractivity contribution is 6.33. The number of hydrogen-bond donors (Lipinski definition) is 0. The lowest BCUT2D eigenvalue weighted by Crippen LogP contribution is -2.37. The van der Waals surface area contributed by atoms with Gasteiger partial charge in [-0.1, -0.05) is 23.7 Å². The van der Waals surface area contributed by atoms with Crippen molar-refractivity contribution in [2.45, 2.75) is 0 Å². The van der Waals surface area contributed by atoms with Crippen LogP contribution in [0.5, 0.6) is 17.2 Å². The molecule has 0 bridgehead atoms. The van der Waals surface area contributed by atoms with Gasteiger partial charge in [-0.15, -0.1) is 0 Å². The maximum Gasteiger partial charge on any atom is 0.258 e. The molecule has 2 aliphatic heterocycles. The van der Waals surface area contributed by atoms with E-state index in [1.807, 2.05) is 24.3 Å².